The lowest BCUT2D eigenvalue weighted by Crippen LogP contribution is -2.38. The molecule has 2 N–H and O–H groups in total. The van der Waals surface area contributed by atoms with E-state index in [9.17, 15) is 5.11 Å². The van der Waals surface area contributed by atoms with Crippen LogP contribution in [0.4, 0.5) is 0 Å². The molecule has 24 heavy (non-hydrogen) atoms. The average molecular weight is 463 g/mol. The Morgan fingerprint density at radius 1 is 1.33 bits per heavy atom. The summed E-state index contributed by atoms with van der Waals surface area (Å²) in [5.74, 6) is 1.10. The summed E-state index contributed by atoms with van der Waals surface area (Å²) in [5.41, 5.74) is 2.17. The molecule has 0 spiro atoms. The molecule has 0 saturated carbocycles. The van der Waals surface area contributed by atoms with Crippen LogP contribution in [0.2, 0.25) is 5.02 Å². The van der Waals surface area contributed by atoms with Gasteiger partial charge in [-0.05, 0) is 30.7 Å². The molecule has 0 bridgehead atoms. The highest BCUT2D eigenvalue weighted by molar-refractivity contribution is 14.0. The highest BCUT2D eigenvalue weighted by Crippen LogP contribution is 2.14. The number of phenols is 1. The predicted molar refractivity (Wildman–Crippen MR) is 110 cm³/mol. The van der Waals surface area contributed by atoms with Crippen molar-refractivity contribution in [2.45, 2.75) is 20.0 Å². The minimum absolute atomic E-state index is 0. The number of nitrogens with zero attached hydrogens (tertiary/aromatic N) is 3. The molecule has 1 heterocycles. The molecule has 2 rings (SSSR count). The molecular weight excluding hydrogens is 439 g/mol. The van der Waals surface area contributed by atoms with Crippen LogP contribution in [-0.4, -0.2) is 34.1 Å². The van der Waals surface area contributed by atoms with Crippen LogP contribution in [0.15, 0.2) is 41.5 Å². The van der Waals surface area contributed by atoms with Crippen molar-refractivity contribution in [3.63, 3.8) is 0 Å². The maximum atomic E-state index is 9.33. The van der Waals surface area contributed by atoms with Gasteiger partial charge in [0.15, 0.2) is 5.96 Å². The van der Waals surface area contributed by atoms with Gasteiger partial charge in [0, 0.05) is 32.5 Å². The van der Waals surface area contributed by atoms with E-state index in [1.807, 2.05) is 50.0 Å². The molecule has 0 unspecified atom stereocenters. The molecule has 0 aliphatic heterocycles. The third-order valence-electron chi connectivity index (χ3n) is 3.52. The summed E-state index contributed by atoms with van der Waals surface area (Å²) in [6.45, 7) is 4.11. The SMILES string of the molecule is CCNC(=NCc1ccc(O)cc1)N(C)Cc1cc(Cl)cn1C.I. The predicted octanol–water partition coefficient (Wildman–Crippen LogP) is 3.60. The Labute approximate surface area is 165 Å². The van der Waals surface area contributed by atoms with Crippen molar-refractivity contribution in [3.05, 3.63) is 52.8 Å². The van der Waals surface area contributed by atoms with Gasteiger partial charge in [0.1, 0.15) is 5.75 Å². The number of aromatic nitrogens is 1. The van der Waals surface area contributed by atoms with Gasteiger partial charge >= 0.3 is 0 Å². The van der Waals surface area contributed by atoms with Crippen molar-refractivity contribution in [2.24, 2.45) is 12.0 Å². The van der Waals surface area contributed by atoms with Crippen LogP contribution >= 0.6 is 35.6 Å². The second kappa shape index (κ2) is 9.78. The molecule has 0 aliphatic carbocycles. The number of nitrogens with one attached hydrogen (secondary N) is 1. The fourth-order valence-corrected chi connectivity index (χ4v) is 2.55. The molecule has 2 aromatic rings. The van der Waals surface area contributed by atoms with Gasteiger partial charge in [0.2, 0.25) is 0 Å². The topological polar surface area (TPSA) is 52.8 Å². The maximum absolute atomic E-state index is 9.33. The Hall–Kier alpha value is -1.41. The minimum atomic E-state index is 0. The zero-order valence-electron chi connectivity index (χ0n) is 14.2. The first-order valence-corrected chi connectivity index (χ1v) is 7.95. The summed E-state index contributed by atoms with van der Waals surface area (Å²) in [4.78, 5) is 6.72. The molecule has 5 nitrogen and oxygen atoms in total. The van der Waals surface area contributed by atoms with Crippen molar-refractivity contribution >= 4 is 41.5 Å². The zero-order valence-corrected chi connectivity index (χ0v) is 17.2. The van der Waals surface area contributed by atoms with Crippen molar-refractivity contribution in [3.8, 4) is 5.75 Å². The number of guanidine groups is 1. The smallest absolute Gasteiger partial charge is 0.194 e. The number of hydrogen-bond donors (Lipinski definition) is 2. The fraction of sp³-hybridized carbons (Fsp3) is 0.353. The summed E-state index contributed by atoms with van der Waals surface area (Å²) in [5, 5.41) is 13.4. The molecule has 1 aromatic carbocycles. The van der Waals surface area contributed by atoms with E-state index in [2.05, 4.69) is 15.2 Å². The lowest BCUT2D eigenvalue weighted by molar-refractivity contribution is 0.462. The first-order valence-electron chi connectivity index (χ1n) is 7.57. The third-order valence-corrected chi connectivity index (χ3v) is 3.72. The first-order chi connectivity index (χ1) is 11.0. The number of aryl methyl sites for hydroxylation is 1. The normalized spacial score (nSPS) is 11.1. The molecule has 0 aliphatic rings. The number of phenolic OH excluding ortho intramolecular Hbond substituents is 1. The second-order valence-electron chi connectivity index (χ2n) is 5.45. The zero-order chi connectivity index (χ0) is 16.8. The van der Waals surface area contributed by atoms with Gasteiger partial charge in [0.05, 0.1) is 18.1 Å². The molecule has 132 valence electrons. The van der Waals surface area contributed by atoms with Gasteiger partial charge in [-0.2, -0.15) is 0 Å². The van der Waals surface area contributed by atoms with Gasteiger partial charge in [-0.1, -0.05) is 23.7 Å². The minimum Gasteiger partial charge on any atom is -0.508 e. The van der Waals surface area contributed by atoms with E-state index in [0.29, 0.717) is 13.1 Å². The van der Waals surface area contributed by atoms with Gasteiger partial charge < -0.3 is 19.9 Å². The van der Waals surface area contributed by atoms with Crippen LogP contribution in [0.3, 0.4) is 0 Å². The van der Waals surface area contributed by atoms with Gasteiger partial charge in [-0.3, -0.25) is 0 Å². The Morgan fingerprint density at radius 2 is 2.00 bits per heavy atom. The second-order valence-corrected chi connectivity index (χ2v) is 5.89. The van der Waals surface area contributed by atoms with Gasteiger partial charge in [-0.25, -0.2) is 4.99 Å². The largest absolute Gasteiger partial charge is 0.508 e. The van der Waals surface area contributed by atoms with E-state index in [-0.39, 0.29) is 29.7 Å². The molecular formula is C17H24ClIN4O. The molecule has 0 saturated heterocycles. The highest BCUT2D eigenvalue weighted by Gasteiger charge is 2.09. The van der Waals surface area contributed by atoms with Crippen LogP contribution in [0, 0.1) is 0 Å². The number of aromatic hydroxyl groups is 1. The molecule has 1 aromatic heterocycles. The van der Waals surface area contributed by atoms with E-state index >= 15 is 0 Å². The molecule has 7 heteroatoms. The van der Waals surface area contributed by atoms with Crippen molar-refractivity contribution < 1.29 is 5.11 Å². The van der Waals surface area contributed by atoms with E-state index in [0.717, 1.165) is 28.8 Å². The molecule has 0 amide bonds. The molecule has 0 fully saturated rings. The maximum Gasteiger partial charge on any atom is 0.194 e. The number of aliphatic imine (C=N–C) groups is 1. The van der Waals surface area contributed by atoms with Crippen LogP contribution in [0.1, 0.15) is 18.2 Å². The summed E-state index contributed by atoms with van der Waals surface area (Å²) in [7, 11) is 3.98. The van der Waals surface area contributed by atoms with Crippen molar-refractivity contribution in [2.75, 3.05) is 13.6 Å². The number of halogens is 2. The quantitative estimate of drug-likeness (QED) is 0.406. The summed E-state index contributed by atoms with van der Waals surface area (Å²) < 4.78 is 2.02. The lowest BCUT2D eigenvalue weighted by atomic mass is 10.2. The Kier molecular flexibility index (Phi) is 8.41. The number of rotatable bonds is 5. The van der Waals surface area contributed by atoms with Gasteiger partial charge in [-0.15, -0.1) is 24.0 Å². The lowest BCUT2D eigenvalue weighted by Gasteiger charge is -2.22. The Balaban J connectivity index is 0.00000288. The van der Waals surface area contributed by atoms with Crippen molar-refractivity contribution in [1.29, 1.82) is 0 Å². The van der Waals surface area contributed by atoms with Crippen LogP contribution in [-0.2, 0) is 20.1 Å². The monoisotopic (exact) mass is 462 g/mol. The summed E-state index contributed by atoms with van der Waals surface area (Å²) in [6.07, 6.45) is 1.89. The Morgan fingerprint density at radius 3 is 2.54 bits per heavy atom. The molecule has 0 radical (unpaired) electrons. The third kappa shape index (κ3) is 5.90. The van der Waals surface area contributed by atoms with Crippen molar-refractivity contribution in [1.82, 2.24) is 14.8 Å². The van der Waals surface area contributed by atoms with Crippen LogP contribution < -0.4 is 5.32 Å². The van der Waals surface area contributed by atoms with E-state index < -0.39 is 0 Å². The van der Waals surface area contributed by atoms with E-state index in [1.165, 1.54) is 0 Å². The van der Waals surface area contributed by atoms with Gasteiger partial charge in [0.25, 0.3) is 0 Å². The van der Waals surface area contributed by atoms with Crippen LogP contribution in [0.25, 0.3) is 0 Å². The number of benzene rings is 1. The van der Waals surface area contributed by atoms with E-state index in [4.69, 9.17) is 11.6 Å². The standard InChI is InChI=1S/C17H23ClN4O.HI/c1-4-19-17(20-10-13-5-7-16(23)8-6-13)22(3)12-15-9-14(18)11-21(15)2;/h5-9,11,23H,4,10,12H2,1-3H3,(H,19,20);1H. The molecule has 0 atom stereocenters. The number of hydrogen-bond acceptors (Lipinski definition) is 2. The summed E-state index contributed by atoms with van der Waals surface area (Å²) in [6, 6.07) is 9.06. The average Bonchev–Trinajstić information content (AvgIpc) is 2.82. The van der Waals surface area contributed by atoms with Crippen LogP contribution in [0.5, 0.6) is 5.75 Å². The summed E-state index contributed by atoms with van der Waals surface area (Å²) >= 11 is 6.04. The highest BCUT2D eigenvalue weighted by atomic mass is 127. The Bertz CT molecular complexity index is 670. The first kappa shape index (κ1) is 20.6. The fourth-order valence-electron chi connectivity index (χ4n) is 2.28. The van der Waals surface area contributed by atoms with E-state index in [1.54, 1.807) is 12.1 Å².